The first-order valence-corrected chi connectivity index (χ1v) is 10.7. The Hall–Kier alpha value is -2.08. The molecule has 1 fully saturated rings. The van der Waals surface area contributed by atoms with E-state index in [4.69, 9.17) is 4.99 Å². The van der Waals surface area contributed by atoms with E-state index in [2.05, 4.69) is 47.7 Å². The molecule has 1 saturated heterocycles. The van der Waals surface area contributed by atoms with E-state index in [-0.39, 0.29) is 11.8 Å². The second-order valence-electron chi connectivity index (χ2n) is 8.32. The van der Waals surface area contributed by atoms with Crippen molar-refractivity contribution in [2.45, 2.75) is 52.0 Å². The van der Waals surface area contributed by atoms with Gasteiger partial charge in [0.1, 0.15) is 0 Å². The summed E-state index contributed by atoms with van der Waals surface area (Å²) < 4.78 is 0. The number of hydrogen-bond donors (Lipinski definition) is 3. The minimum atomic E-state index is 0.0859. The average molecular weight is 386 g/mol. The highest BCUT2D eigenvalue weighted by Crippen LogP contribution is 2.31. The molecule has 154 valence electrons. The molecule has 1 aromatic carbocycles. The van der Waals surface area contributed by atoms with Crippen molar-refractivity contribution in [2.75, 3.05) is 38.0 Å². The van der Waals surface area contributed by atoms with Crippen LogP contribution in [0.4, 0.5) is 5.69 Å². The number of amides is 1. The quantitative estimate of drug-likeness (QED) is 0.499. The number of anilines is 1. The average Bonchev–Trinajstić information content (AvgIpc) is 3.10. The Kier molecular flexibility index (Phi) is 7.31. The van der Waals surface area contributed by atoms with Crippen molar-refractivity contribution in [3.05, 3.63) is 29.8 Å². The Balaban J connectivity index is 1.60. The topological polar surface area (TPSA) is 68.8 Å². The van der Waals surface area contributed by atoms with Crippen LogP contribution in [0.1, 0.15) is 51.5 Å². The SMILES string of the molecule is CCNC(=NC[C@H]1CCCN1CC(C)C)NCC1CC(=O)Nc2ccccc21. The van der Waals surface area contributed by atoms with Crippen LogP contribution in [-0.4, -0.2) is 55.5 Å². The molecule has 0 radical (unpaired) electrons. The molecule has 2 atom stereocenters. The van der Waals surface area contributed by atoms with Crippen LogP contribution in [0.5, 0.6) is 0 Å². The minimum Gasteiger partial charge on any atom is -0.357 e. The number of hydrogen-bond acceptors (Lipinski definition) is 3. The number of guanidine groups is 1. The monoisotopic (exact) mass is 385 g/mol. The summed E-state index contributed by atoms with van der Waals surface area (Å²) in [6, 6.07) is 8.62. The van der Waals surface area contributed by atoms with Gasteiger partial charge in [-0.05, 0) is 43.9 Å². The predicted octanol–water partition coefficient (Wildman–Crippen LogP) is 2.79. The number of nitrogens with one attached hydrogen (secondary N) is 3. The minimum absolute atomic E-state index is 0.0859. The van der Waals surface area contributed by atoms with Gasteiger partial charge in [-0.2, -0.15) is 0 Å². The Morgan fingerprint density at radius 3 is 2.93 bits per heavy atom. The summed E-state index contributed by atoms with van der Waals surface area (Å²) in [5.74, 6) is 1.79. The number of nitrogens with zero attached hydrogens (tertiary/aromatic N) is 2. The van der Waals surface area contributed by atoms with E-state index in [1.807, 2.05) is 18.2 Å². The first kappa shape index (κ1) is 20.6. The molecule has 3 N–H and O–H groups in total. The van der Waals surface area contributed by atoms with Gasteiger partial charge in [0.2, 0.25) is 5.91 Å². The number of carbonyl (C=O) groups excluding carboxylic acids is 1. The van der Waals surface area contributed by atoms with Crippen LogP contribution in [0.15, 0.2) is 29.3 Å². The van der Waals surface area contributed by atoms with Gasteiger partial charge in [-0.15, -0.1) is 0 Å². The van der Waals surface area contributed by atoms with Crippen molar-refractivity contribution in [2.24, 2.45) is 10.9 Å². The molecule has 0 aromatic heterocycles. The van der Waals surface area contributed by atoms with Crippen molar-refractivity contribution < 1.29 is 4.79 Å². The summed E-state index contributed by atoms with van der Waals surface area (Å²) in [6.45, 7) is 11.3. The van der Waals surface area contributed by atoms with Gasteiger partial charge in [-0.3, -0.25) is 14.7 Å². The lowest BCUT2D eigenvalue weighted by Crippen LogP contribution is -2.42. The Morgan fingerprint density at radius 1 is 1.32 bits per heavy atom. The lowest BCUT2D eigenvalue weighted by atomic mass is 9.90. The summed E-state index contributed by atoms with van der Waals surface area (Å²) in [7, 11) is 0. The van der Waals surface area contributed by atoms with Crippen LogP contribution in [0, 0.1) is 5.92 Å². The lowest BCUT2D eigenvalue weighted by molar-refractivity contribution is -0.116. The summed E-state index contributed by atoms with van der Waals surface area (Å²) in [5, 5.41) is 9.80. The molecule has 1 aromatic rings. The van der Waals surface area contributed by atoms with E-state index >= 15 is 0 Å². The zero-order valence-corrected chi connectivity index (χ0v) is 17.5. The fourth-order valence-corrected chi connectivity index (χ4v) is 4.25. The standard InChI is InChI=1S/C22H35N5O/c1-4-23-22(25-14-18-8-7-11-27(18)15-16(2)3)24-13-17-12-21(28)26-20-10-6-5-9-19(17)20/h5-6,9-10,16-18H,4,7-8,11-15H2,1-3H3,(H,26,28)(H2,23,24,25)/t17?,18-/m1/s1. The van der Waals surface area contributed by atoms with Gasteiger partial charge in [0.25, 0.3) is 0 Å². The predicted molar refractivity (Wildman–Crippen MR) is 116 cm³/mol. The first-order valence-electron chi connectivity index (χ1n) is 10.7. The zero-order valence-electron chi connectivity index (χ0n) is 17.5. The maximum absolute atomic E-state index is 12.0. The van der Waals surface area contributed by atoms with Gasteiger partial charge in [0, 0.05) is 43.7 Å². The first-order chi connectivity index (χ1) is 13.6. The normalized spacial score (nSPS) is 22.9. The van der Waals surface area contributed by atoms with E-state index in [1.54, 1.807) is 0 Å². The van der Waals surface area contributed by atoms with Crippen molar-refractivity contribution in [3.63, 3.8) is 0 Å². The molecule has 6 nitrogen and oxygen atoms in total. The van der Waals surface area contributed by atoms with Gasteiger partial charge >= 0.3 is 0 Å². The second kappa shape index (κ2) is 9.92. The van der Waals surface area contributed by atoms with E-state index < -0.39 is 0 Å². The third-order valence-electron chi connectivity index (χ3n) is 5.53. The zero-order chi connectivity index (χ0) is 19.9. The van der Waals surface area contributed by atoms with Gasteiger partial charge < -0.3 is 16.0 Å². The summed E-state index contributed by atoms with van der Waals surface area (Å²) >= 11 is 0. The van der Waals surface area contributed by atoms with E-state index in [9.17, 15) is 4.79 Å². The highest BCUT2D eigenvalue weighted by Gasteiger charge is 2.26. The Labute approximate surface area is 169 Å². The van der Waals surface area contributed by atoms with Crippen LogP contribution in [0.3, 0.4) is 0 Å². The van der Waals surface area contributed by atoms with Gasteiger partial charge in [0.05, 0.1) is 6.54 Å². The Morgan fingerprint density at radius 2 is 2.14 bits per heavy atom. The van der Waals surface area contributed by atoms with Crippen molar-refractivity contribution in [1.82, 2.24) is 15.5 Å². The van der Waals surface area contributed by atoms with Gasteiger partial charge in [-0.1, -0.05) is 32.0 Å². The molecule has 1 unspecified atom stereocenters. The number of fused-ring (bicyclic) bond motifs is 1. The van der Waals surface area contributed by atoms with Crippen LogP contribution < -0.4 is 16.0 Å². The molecular formula is C22H35N5O. The molecule has 28 heavy (non-hydrogen) atoms. The number of para-hydroxylation sites is 1. The third-order valence-corrected chi connectivity index (χ3v) is 5.53. The molecular weight excluding hydrogens is 350 g/mol. The molecule has 2 heterocycles. The molecule has 0 saturated carbocycles. The number of carbonyl (C=O) groups is 1. The summed E-state index contributed by atoms with van der Waals surface area (Å²) in [4.78, 5) is 19.5. The van der Waals surface area contributed by atoms with E-state index in [1.165, 1.54) is 24.9 Å². The summed E-state index contributed by atoms with van der Waals surface area (Å²) in [6.07, 6.45) is 3.00. The number of aliphatic imine (C=N–C) groups is 1. The largest absolute Gasteiger partial charge is 0.357 e. The van der Waals surface area contributed by atoms with E-state index in [0.29, 0.717) is 24.9 Å². The van der Waals surface area contributed by atoms with Gasteiger partial charge in [-0.25, -0.2) is 0 Å². The third kappa shape index (κ3) is 5.47. The van der Waals surface area contributed by atoms with Gasteiger partial charge in [0.15, 0.2) is 5.96 Å². The van der Waals surface area contributed by atoms with Crippen LogP contribution >= 0.6 is 0 Å². The van der Waals surface area contributed by atoms with Crippen LogP contribution in [0.25, 0.3) is 0 Å². The highest BCUT2D eigenvalue weighted by molar-refractivity contribution is 5.94. The summed E-state index contributed by atoms with van der Waals surface area (Å²) in [5.41, 5.74) is 2.13. The molecule has 0 spiro atoms. The highest BCUT2D eigenvalue weighted by atomic mass is 16.1. The number of rotatable bonds is 7. The maximum atomic E-state index is 12.0. The molecule has 0 bridgehead atoms. The molecule has 1 amide bonds. The van der Waals surface area contributed by atoms with Crippen molar-refractivity contribution in [1.29, 1.82) is 0 Å². The lowest BCUT2D eigenvalue weighted by Gasteiger charge is -2.27. The van der Waals surface area contributed by atoms with E-state index in [0.717, 1.165) is 31.3 Å². The smallest absolute Gasteiger partial charge is 0.225 e. The molecule has 0 aliphatic carbocycles. The molecule has 3 rings (SSSR count). The van der Waals surface area contributed by atoms with Crippen LogP contribution in [-0.2, 0) is 4.79 Å². The fourth-order valence-electron chi connectivity index (χ4n) is 4.25. The second-order valence-corrected chi connectivity index (χ2v) is 8.32. The van der Waals surface area contributed by atoms with Crippen LogP contribution in [0.2, 0.25) is 0 Å². The molecule has 2 aliphatic heterocycles. The Bertz CT molecular complexity index is 687. The fraction of sp³-hybridized carbons (Fsp3) is 0.636. The maximum Gasteiger partial charge on any atom is 0.225 e. The number of benzene rings is 1. The molecule has 6 heteroatoms. The number of likely N-dealkylation sites (tertiary alicyclic amines) is 1. The van der Waals surface area contributed by atoms with Crippen molar-refractivity contribution in [3.8, 4) is 0 Å². The van der Waals surface area contributed by atoms with Crippen molar-refractivity contribution >= 4 is 17.6 Å². The molecule has 2 aliphatic rings.